The van der Waals surface area contributed by atoms with Gasteiger partial charge in [-0.25, -0.2) is 15.1 Å². The van der Waals surface area contributed by atoms with Crippen molar-refractivity contribution in [3.63, 3.8) is 0 Å². The third-order valence-electron chi connectivity index (χ3n) is 14.8. The molecule has 0 bridgehead atoms. The molecular formula is C49H79NO9. The number of hydrogen-bond donors (Lipinski definition) is 1. The molecule has 0 heterocycles. The van der Waals surface area contributed by atoms with Gasteiger partial charge in [-0.3, -0.25) is 0 Å². The molecule has 1 aromatic rings. The zero-order chi connectivity index (χ0) is 42.3. The molecule has 0 aliphatic heterocycles. The number of ether oxygens (including phenoxy) is 6. The zero-order valence-corrected chi connectivity index (χ0v) is 37.7. The molecule has 9 atom stereocenters. The van der Waals surface area contributed by atoms with Gasteiger partial charge in [0.1, 0.15) is 6.61 Å². The van der Waals surface area contributed by atoms with Crippen molar-refractivity contribution in [2.24, 2.45) is 52.3 Å². The lowest BCUT2D eigenvalue weighted by atomic mass is 9.47. The Morgan fingerprint density at radius 1 is 0.763 bits per heavy atom. The topological polar surface area (TPSA) is 111 Å². The third kappa shape index (κ3) is 13.2. The molecule has 1 N–H and O–H groups in total. The van der Waals surface area contributed by atoms with Crippen LogP contribution in [0.1, 0.15) is 136 Å². The second-order valence-electron chi connectivity index (χ2n) is 19.0. The van der Waals surface area contributed by atoms with E-state index in [-0.39, 0.29) is 25.1 Å². The Kier molecular flexibility index (Phi) is 19.1. The van der Waals surface area contributed by atoms with Crippen LogP contribution >= 0.6 is 0 Å². The van der Waals surface area contributed by atoms with Crippen LogP contribution in [0.3, 0.4) is 0 Å². The van der Waals surface area contributed by atoms with E-state index in [9.17, 15) is 9.59 Å². The van der Waals surface area contributed by atoms with Gasteiger partial charge in [-0.1, -0.05) is 79.4 Å². The number of carbonyl (C=O) groups excluding carboxylic acids is 2. The van der Waals surface area contributed by atoms with E-state index < -0.39 is 5.97 Å². The van der Waals surface area contributed by atoms with E-state index in [1.54, 1.807) is 36.8 Å². The number of hydrogen-bond acceptors (Lipinski definition) is 10. The van der Waals surface area contributed by atoms with Gasteiger partial charge < -0.3 is 33.3 Å². The summed E-state index contributed by atoms with van der Waals surface area (Å²) >= 11 is 0. The van der Waals surface area contributed by atoms with Crippen molar-refractivity contribution in [3.05, 3.63) is 41.5 Å². The Labute approximate surface area is 356 Å². The summed E-state index contributed by atoms with van der Waals surface area (Å²) in [6.07, 6.45) is 18.4. The summed E-state index contributed by atoms with van der Waals surface area (Å²) in [5.74, 6) is 4.27. The molecule has 4 aliphatic rings. The number of carbonyl (C=O) groups is 2. The van der Waals surface area contributed by atoms with Crippen molar-refractivity contribution in [1.29, 1.82) is 0 Å². The Hall–Kier alpha value is -2.50. The van der Waals surface area contributed by atoms with Crippen LogP contribution in [0, 0.1) is 52.3 Å². The number of fused-ring (bicyclic) bond motifs is 5. The van der Waals surface area contributed by atoms with Crippen molar-refractivity contribution in [1.82, 2.24) is 0 Å². The van der Waals surface area contributed by atoms with Crippen LogP contribution in [0.4, 0.5) is 5.69 Å². The molecule has 334 valence electrons. The van der Waals surface area contributed by atoms with E-state index in [0.717, 1.165) is 48.3 Å². The minimum atomic E-state index is -0.450. The lowest BCUT2D eigenvalue weighted by Gasteiger charge is -2.58. The predicted molar refractivity (Wildman–Crippen MR) is 232 cm³/mol. The van der Waals surface area contributed by atoms with Crippen molar-refractivity contribution < 1.29 is 42.8 Å². The van der Waals surface area contributed by atoms with Gasteiger partial charge in [0.15, 0.2) is 0 Å². The number of benzene rings is 1. The van der Waals surface area contributed by atoms with E-state index in [1.165, 1.54) is 57.8 Å². The predicted octanol–water partition coefficient (Wildman–Crippen LogP) is 10.3. The van der Waals surface area contributed by atoms with Gasteiger partial charge in [0.25, 0.3) is 0 Å². The van der Waals surface area contributed by atoms with Gasteiger partial charge in [-0.05, 0) is 128 Å². The quantitative estimate of drug-likeness (QED) is 0.0420. The summed E-state index contributed by atoms with van der Waals surface area (Å²) in [6.45, 7) is 20.8. The molecule has 0 spiro atoms. The maximum Gasteiger partial charge on any atom is 0.338 e. The van der Waals surface area contributed by atoms with E-state index in [1.807, 2.05) is 6.92 Å². The lowest BCUT2D eigenvalue weighted by molar-refractivity contribution is -0.144. The summed E-state index contributed by atoms with van der Waals surface area (Å²) in [5.41, 5.74) is 6.16. The average molecular weight is 826 g/mol. The minimum absolute atomic E-state index is 0.136. The summed E-state index contributed by atoms with van der Waals surface area (Å²) < 4.78 is 34.2. The first-order chi connectivity index (χ1) is 28.5. The largest absolute Gasteiger partial charge is 0.460 e. The Morgan fingerprint density at radius 2 is 1.41 bits per heavy atom. The summed E-state index contributed by atoms with van der Waals surface area (Å²) in [5, 5.41) is 0. The monoisotopic (exact) mass is 826 g/mol. The molecule has 10 nitrogen and oxygen atoms in total. The number of allylic oxidation sites excluding steroid dienone is 1. The van der Waals surface area contributed by atoms with Gasteiger partial charge >= 0.3 is 11.9 Å². The van der Waals surface area contributed by atoms with Crippen molar-refractivity contribution in [3.8, 4) is 0 Å². The van der Waals surface area contributed by atoms with Crippen LogP contribution in [-0.4, -0.2) is 84.1 Å². The Morgan fingerprint density at radius 3 is 2.05 bits per heavy atom. The van der Waals surface area contributed by atoms with Crippen molar-refractivity contribution in [2.45, 2.75) is 132 Å². The second kappa shape index (κ2) is 23.6. The fraction of sp³-hybridized carbons (Fsp3) is 0.796. The van der Waals surface area contributed by atoms with Crippen LogP contribution in [0.2, 0.25) is 0 Å². The molecule has 9 unspecified atom stereocenters. The third-order valence-corrected chi connectivity index (χ3v) is 14.8. The average Bonchev–Trinajstić information content (AvgIpc) is 3.59. The normalized spacial score (nSPS) is 28.5. The zero-order valence-electron chi connectivity index (χ0n) is 37.7. The molecule has 0 aromatic heterocycles. The standard InChI is InChI=1S/C49H79NO9/c1-8-36(4)46(51)59-50-40-15-12-38(13-16-40)47(52)58-33-31-56-29-27-54-25-24-53-26-28-55-30-32-57-41-20-22-48(6)39(34-41)14-17-42-44-19-18-43(37(5)11-9-10-35(2)3)49(44,7)23-21-45(42)48/h12-16,35-37,41-45,50H,8-11,17-34H2,1-7H3. The van der Waals surface area contributed by atoms with Crippen molar-refractivity contribution in [2.75, 3.05) is 71.5 Å². The van der Waals surface area contributed by atoms with E-state index in [0.29, 0.717) is 87.5 Å². The molecule has 10 heteroatoms. The molecule has 59 heavy (non-hydrogen) atoms. The van der Waals surface area contributed by atoms with Gasteiger partial charge in [0.05, 0.1) is 82.7 Å². The van der Waals surface area contributed by atoms with Crippen LogP contribution in [0.15, 0.2) is 35.9 Å². The number of esters is 1. The molecule has 1 aromatic carbocycles. The maximum atomic E-state index is 12.3. The van der Waals surface area contributed by atoms with Crippen LogP contribution in [-0.2, 0) is 38.1 Å². The Balaban J connectivity index is 0.843. The summed E-state index contributed by atoms with van der Waals surface area (Å²) in [7, 11) is 0. The Bertz CT molecular complexity index is 1450. The fourth-order valence-corrected chi connectivity index (χ4v) is 11.2. The molecule has 3 saturated carbocycles. The summed E-state index contributed by atoms with van der Waals surface area (Å²) in [6, 6.07) is 6.51. The molecule has 4 aliphatic carbocycles. The van der Waals surface area contributed by atoms with Gasteiger partial charge in [0.2, 0.25) is 0 Å². The van der Waals surface area contributed by atoms with E-state index >= 15 is 0 Å². The lowest BCUT2D eigenvalue weighted by Crippen LogP contribution is -2.51. The molecule has 0 radical (unpaired) electrons. The van der Waals surface area contributed by atoms with E-state index in [2.05, 4.69) is 46.2 Å². The van der Waals surface area contributed by atoms with Crippen molar-refractivity contribution >= 4 is 17.6 Å². The van der Waals surface area contributed by atoms with Crippen LogP contribution < -0.4 is 5.48 Å². The van der Waals surface area contributed by atoms with Gasteiger partial charge in [-0.2, -0.15) is 0 Å². The SMILES string of the molecule is CCC(C)C(=O)ONc1ccc(C(=O)OCCOCCOCCOCCOCCOC2CCC3(C)C(=CCC4C3CCC3(C)C(C(C)CCCC(C)C)CCC43)C2)cc1. The highest BCUT2D eigenvalue weighted by atomic mass is 16.7. The second-order valence-corrected chi connectivity index (χ2v) is 19.0. The molecule has 3 fully saturated rings. The summed E-state index contributed by atoms with van der Waals surface area (Å²) in [4.78, 5) is 29.1. The smallest absolute Gasteiger partial charge is 0.338 e. The molecular weight excluding hydrogens is 747 g/mol. The fourth-order valence-electron chi connectivity index (χ4n) is 11.2. The maximum absolute atomic E-state index is 12.3. The highest BCUT2D eigenvalue weighted by molar-refractivity contribution is 5.89. The first kappa shape index (κ1) is 47.5. The van der Waals surface area contributed by atoms with E-state index in [4.69, 9.17) is 33.3 Å². The molecule has 0 amide bonds. The molecule has 5 rings (SSSR count). The van der Waals surface area contributed by atoms with Gasteiger partial charge in [-0.15, -0.1) is 0 Å². The number of rotatable bonds is 26. The molecule has 0 saturated heterocycles. The van der Waals surface area contributed by atoms with Crippen LogP contribution in [0.5, 0.6) is 0 Å². The highest BCUT2D eigenvalue weighted by Crippen LogP contribution is 2.67. The van der Waals surface area contributed by atoms with Crippen LogP contribution in [0.25, 0.3) is 0 Å². The number of anilines is 1. The first-order valence-electron chi connectivity index (χ1n) is 23.3. The number of nitrogens with one attached hydrogen (secondary N) is 1. The first-order valence-corrected chi connectivity index (χ1v) is 23.3. The minimum Gasteiger partial charge on any atom is -0.460 e. The van der Waals surface area contributed by atoms with Gasteiger partial charge in [0, 0.05) is 0 Å². The highest BCUT2D eigenvalue weighted by Gasteiger charge is 2.59.